The highest BCUT2D eigenvalue weighted by Gasteiger charge is 2.28. The van der Waals surface area contributed by atoms with Crippen molar-refractivity contribution < 1.29 is 14.3 Å². The maximum atomic E-state index is 13.6. The molecule has 1 atom stereocenters. The molecule has 10 heteroatoms. The van der Waals surface area contributed by atoms with Crippen LogP contribution in [0.15, 0.2) is 76.2 Å². The van der Waals surface area contributed by atoms with E-state index in [0.717, 1.165) is 10.6 Å². The zero-order valence-corrected chi connectivity index (χ0v) is 22.8. The summed E-state index contributed by atoms with van der Waals surface area (Å²) in [5, 5.41) is 8.59. The third-order valence-corrected chi connectivity index (χ3v) is 7.95. The Bertz CT molecular complexity index is 1690. The summed E-state index contributed by atoms with van der Waals surface area (Å²) < 4.78 is 6.98. The summed E-state index contributed by atoms with van der Waals surface area (Å²) in [4.78, 5) is 45.3. The van der Waals surface area contributed by atoms with Crippen molar-refractivity contribution >= 4 is 62.1 Å². The minimum Gasteiger partial charge on any atom is -0.448 e. The minimum absolute atomic E-state index is 0.0523. The quantitative estimate of drug-likeness (QED) is 0.225. The Kier molecular flexibility index (Phi) is 7.42. The van der Waals surface area contributed by atoms with Crippen LogP contribution in [0.2, 0.25) is 5.02 Å². The number of pyridine rings is 1. The molecule has 1 N–H and O–H groups in total. The molecule has 0 fully saturated rings. The van der Waals surface area contributed by atoms with E-state index in [9.17, 15) is 14.4 Å². The summed E-state index contributed by atoms with van der Waals surface area (Å²) in [6, 6.07) is 18.0. The van der Waals surface area contributed by atoms with Crippen LogP contribution in [0.3, 0.4) is 0 Å². The Balaban J connectivity index is 1.48. The number of hydrogen-bond donors (Lipinski definition) is 1. The molecule has 0 bridgehead atoms. The maximum absolute atomic E-state index is 13.6. The number of hydrogen-bond acceptors (Lipinski definition) is 7. The van der Waals surface area contributed by atoms with Gasteiger partial charge in [0.05, 0.1) is 10.6 Å². The maximum Gasteiger partial charge on any atom is 0.356 e. The van der Waals surface area contributed by atoms with Gasteiger partial charge in [-0.25, -0.2) is 9.78 Å². The van der Waals surface area contributed by atoms with Gasteiger partial charge in [-0.05, 0) is 47.0 Å². The van der Waals surface area contributed by atoms with Crippen molar-refractivity contribution in [1.29, 1.82) is 0 Å². The van der Waals surface area contributed by atoms with E-state index in [2.05, 4.69) is 10.3 Å². The molecule has 0 saturated heterocycles. The van der Waals surface area contributed by atoms with Crippen LogP contribution < -0.4 is 10.9 Å². The van der Waals surface area contributed by atoms with E-state index in [1.807, 2.05) is 22.9 Å². The first-order valence-corrected chi connectivity index (χ1v) is 13.9. The number of thiazole rings is 1. The fraction of sp³-hybridized carbons (Fsp3) is 0.143. The molecule has 0 aliphatic heterocycles. The second-order valence-electron chi connectivity index (χ2n) is 8.45. The van der Waals surface area contributed by atoms with Gasteiger partial charge in [-0.15, -0.1) is 22.7 Å². The van der Waals surface area contributed by atoms with Gasteiger partial charge in [-0.1, -0.05) is 54.9 Å². The number of amides is 1. The van der Waals surface area contributed by atoms with Crippen molar-refractivity contribution in [1.82, 2.24) is 9.55 Å². The highest BCUT2D eigenvalue weighted by atomic mass is 35.5. The topological polar surface area (TPSA) is 90.3 Å². The molecule has 0 saturated carbocycles. The molecule has 0 aliphatic rings. The minimum atomic E-state index is -1.09. The second kappa shape index (κ2) is 10.9. The first-order chi connectivity index (χ1) is 18.4. The molecule has 2 aromatic carbocycles. The van der Waals surface area contributed by atoms with Crippen LogP contribution in [-0.4, -0.2) is 27.5 Å². The van der Waals surface area contributed by atoms with Crippen LogP contribution >= 0.6 is 34.3 Å². The Morgan fingerprint density at radius 2 is 1.79 bits per heavy atom. The smallest absolute Gasteiger partial charge is 0.356 e. The number of ether oxygens (including phenoxy) is 1. The van der Waals surface area contributed by atoms with E-state index in [4.69, 9.17) is 16.3 Å². The Morgan fingerprint density at radius 1 is 1.05 bits per heavy atom. The predicted molar refractivity (Wildman–Crippen MR) is 153 cm³/mol. The number of carbonyl (C=O) groups is 2. The molecular weight excluding hydrogens is 542 g/mol. The van der Waals surface area contributed by atoms with Gasteiger partial charge >= 0.3 is 5.97 Å². The molecule has 3 aromatic heterocycles. The number of nitrogens with zero attached hydrogens (tertiary/aromatic N) is 2. The molecular formula is C28H22ClN3O4S2. The number of aromatic nitrogens is 2. The lowest BCUT2D eigenvalue weighted by Gasteiger charge is -2.20. The van der Waals surface area contributed by atoms with Crippen molar-refractivity contribution in [2.45, 2.75) is 19.4 Å². The first-order valence-electron chi connectivity index (χ1n) is 11.8. The summed E-state index contributed by atoms with van der Waals surface area (Å²) in [6.07, 6.45) is -0.852. The number of nitrogens with one attached hydrogen (secondary N) is 1. The van der Waals surface area contributed by atoms with Gasteiger partial charge in [-0.3, -0.25) is 14.9 Å². The SMILES string of the molecule is CCC(OC(=O)c1c(-c2ccc(Cl)cc2)c2ccccc2c(=O)n1C)C(=O)Nc1nc(-c2cccs2)cs1. The lowest BCUT2D eigenvalue weighted by Crippen LogP contribution is -2.34. The molecule has 38 heavy (non-hydrogen) atoms. The second-order valence-corrected chi connectivity index (χ2v) is 10.7. The van der Waals surface area contributed by atoms with Crippen molar-refractivity contribution in [3.05, 3.63) is 92.5 Å². The van der Waals surface area contributed by atoms with E-state index in [1.54, 1.807) is 66.8 Å². The number of anilines is 1. The predicted octanol–water partition coefficient (Wildman–Crippen LogP) is 6.62. The highest BCUT2D eigenvalue weighted by molar-refractivity contribution is 7.16. The van der Waals surface area contributed by atoms with Crippen LogP contribution in [-0.2, 0) is 16.6 Å². The molecule has 0 aliphatic carbocycles. The van der Waals surface area contributed by atoms with Crippen LogP contribution in [0.1, 0.15) is 23.8 Å². The summed E-state index contributed by atoms with van der Waals surface area (Å²) in [6.45, 7) is 1.75. The molecule has 1 unspecified atom stereocenters. The number of benzene rings is 2. The average molecular weight is 564 g/mol. The van der Waals surface area contributed by atoms with Crippen LogP contribution in [0.4, 0.5) is 5.13 Å². The number of fused-ring (bicyclic) bond motifs is 1. The number of esters is 1. The monoisotopic (exact) mass is 563 g/mol. The van der Waals surface area contributed by atoms with Crippen molar-refractivity contribution in [3.8, 4) is 21.7 Å². The molecule has 5 rings (SSSR count). The van der Waals surface area contributed by atoms with E-state index in [0.29, 0.717) is 32.1 Å². The molecule has 7 nitrogen and oxygen atoms in total. The zero-order chi connectivity index (χ0) is 26.8. The average Bonchev–Trinajstić information content (AvgIpc) is 3.62. The normalized spacial score (nSPS) is 11.9. The third kappa shape index (κ3) is 5.00. The van der Waals surface area contributed by atoms with E-state index in [1.165, 1.54) is 23.0 Å². The van der Waals surface area contributed by atoms with Gasteiger partial charge in [0.25, 0.3) is 11.5 Å². The number of thiophene rings is 1. The van der Waals surface area contributed by atoms with Gasteiger partial charge in [0.15, 0.2) is 11.2 Å². The summed E-state index contributed by atoms with van der Waals surface area (Å²) in [5.74, 6) is -1.27. The summed E-state index contributed by atoms with van der Waals surface area (Å²) in [7, 11) is 1.52. The molecule has 5 aromatic rings. The third-order valence-electron chi connectivity index (χ3n) is 6.05. The van der Waals surface area contributed by atoms with E-state index >= 15 is 0 Å². The van der Waals surface area contributed by atoms with Crippen molar-refractivity contribution in [3.63, 3.8) is 0 Å². The van der Waals surface area contributed by atoms with Gasteiger partial charge in [-0.2, -0.15) is 0 Å². The molecule has 1 amide bonds. The largest absolute Gasteiger partial charge is 0.448 e. The van der Waals surface area contributed by atoms with Crippen LogP contribution in [0.25, 0.3) is 32.5 Å². The number of halogens is 1. The van der Waals surface area contributed by atoms with Gasteiger partial charge in [0, 0.05) is 28.4 Å². The van der Waals surface area contributed by atoms with Gasteiger partial charge in [0.1, 0.15) is 5.69 Å². The van der Waals surface area contributed by atoms with Crippen LogP contribution in [0, 0.1) is 0 Å². The Morgan fingerprint density at radius 3 is 2.47 bits per heavy atom. The molecule has 192 valence electrons. The van der Waals surface area contributed by atoms with E-state index in [-0.39, 0.29) is 17.7 Å². The van der Waals surface area contributed by atoms with Crippen molar-refractivity contribution in [2.24, 2.45) is 7.05 Å². The fourth-order valence-corrected chi connectivity index (χ4v) is 5.77. The molecule has 3 heterocycles. The standard InChI is InChI=1S/C28H22ClN3O4S2/c1-3-21(25(33)31-28-30-20(15-38-28)22-9-6-14-37-22)36-27(35)24-23(16-10-12-17(29)13-11-16)18-7-4-5-8-19(18)26(34)32(24)2/h4-15,21H,3H2,1-2H3,(H,30,31,33). The number of carbonyl (C=O) groups excluding carboxylic acids is 2. The summed E-state index contributed by atoms with van der Waals surface area (Å²) >= 11 is 8.95. The van der Waals surface area contributed by atoms with Gasteiger partial charge < -0.3 is 9.30 Å². The lowest BCUT2D eigenvalue weighted by atomic mass is 9.96. The molecule has 0 radical (unpaired) electrons. The van der Waals surface area contributed by atoms with Gasteiger partial charge in [0.2, 0.25) is 0 Å². The van der Waals surface area contributed by atoms with Crippen molar-refractivity contribution in [2.75, 3.05) is 5.32 Å². The number of rotatable bonds is 7. The zero-order valence-electron chi connectivity index (χ0n) is 20.4. The summed E-state index contributed by atoms with van der Waals surface area (Å²) in [5.41, 5.74) is 1.70. The fourth-order valence-electron chi connectivity index (χ4n) is 4.17. The highest BCUT2D eigenvalue weighted by Crippen LogP contribution is 2.32. The van der Waals surface area contributed by atoms with Crippen LogP contribution in [0.5, 0.6) is 0 Å². The Hall–Kier alpha value is -3.79. The van der Waals surface area contributed by atoms with E-state index < -0.39 is 18.0 Å². The first kappa shape index (κ1) is 25.8. The lowest BCUT2D eigenvalue weighted by molar-refractivity contribution is -0.124. The molecule has 0 spiro atoms. The Labute approximate surface area is 231 Å².